The van der Waals surface area contributed by atoms with Gasteiger partial charge >= 0.3 is 0 Å². The molecule has 0 radical (unpaired) electrons. The second-order valence-corrected chi connectivity index (χ2v) is 7.51. The minimum Gasteiger partial charge on any atom is -0.335 e. The lowest BCUT2D eigenvalue weighted by atomic mass is 10.2. The number of hydrogen-bond acceptors (Lipinski definition) is 5. The molecule has 0 aliphatic heterocycles. The maximum atomic E-state index is 12.8. The average Bonchev–Trinajstić information content (AvgIpc) is 2.97. The molecule has 134 valence electrons. The molecule has 0 saturated carbocycles. The van der Waals surface area contributed by atoms with E-state index in [4.69, 9.17) is 0 Å². The number of benzene rings is 1. The highest BCUT2D eigenvalue weighted by atomic mass is 32.2. The molecular formula is C17H22N4O3S. The van der Waals surface area contributed by atoms with E-state index in [0.717, 1.165) is 10.5 Å². The van der Waals surface area contributed by atoms with Crippen LogP contribution in [0.25, 0.3) is 0 Å². The predicted molar refractivity (Wildman–Crippen MR) is 97.3 cm³/mol. The number of carbonyl (C=O) groups is 1. The van der Waals surface area contributed by atoms with E-state index >= 15 is 0 Å². The Balaban J connectivity index is 2.05. The summed E-state index contributed by atoms with van der Waals surface area (Å²) in [6.45, 7) is 6.33. The number of amides is 1. The Labute approximate surface area is 151 Å². The van der Waals surface area contributed by atoms with E-state index in [1.807, 2.05) is 38.9 Å². The van der Waals surface area contributed by atoms with Crippen LogP contribution in [0.5, 0.6) is 0 Å². The highest BCUT2D eigenvalue weighted by Gasteiger charge is 2.24. The van der Waals surface area contributed by atoms with Gasteiger partial charge in [0.05, 0.1) is 16.4 Å². The third kappa shape index (κ3) is 5.06. The van der Waals surface area contributed by atoms with Crippen molar-refractivity contribution < 1.29 is 9.72 Å². The van der Waals surface area contributed by atoms with Gasteiger partial charge in [-0.25, -0.2) is 0 Å². The second-order valence-electron chi connectivity index (χ2n) is 6.09. The van der Waals surface area contributed by atoms with Crippen molar-refractivity contribution in [2.45, 2.75) is 43.5 Å². The molecule has 0 saturated heterocycles. The van der Waals surface area contributed by atoms with Crippen LogP contribution in [-0.4, -0.2) is 36.8 Å². The quantitative estimate of drug-likeness (QED) is 0.429. The lowest BCUT2D eigenvalue weighted by Crippen LogP contribution is -2.40. The highest BCUT2D eigenvalue weighted by Crippen LogP contribution is 2.27. The molecular weight excluding hydrogens is 340 g/mol. The number of thioether (sulfide) groups is 1. The van der Waals surface area contributed by atoms with Crippen LogP contribution in [0, 0.1) is 10.1 Å². The van der Waals surface area contributed by atoms with Crippen LogP contribution in [-0.2, 0) is 18.4 Å². The first-order chi connectivity index (χ1) is 11.8. The molecule has 0 N–H and O–H groups in total. The first kappa shape index (κ1) is 19.0. The molecule has 0 spiro atoms. The van der Waals surface area contributed by atoms with Gasteiger partial charge in [0.25, 0.3) is 5.69 Å². The van der Waals surface area contributed by atoms with Crippen LogP contribution in [0.2, 0.25) is 0 Å². The summed E-state index contributed by atoms with van der Waals surface area (Å²) in [6.07, 6.45) is 3.66. The number of hydrogen-bond donors (Lipinski definition) is 0. The lowest BCUT2D eigenvalue weighted by molar-refractivity contribution is -0.384. The predicted octanol–water partition coefficient (Wildman–Crippen LogP) is 3.25. The van der Waals surface area contributed by atoms with E-state index in [9.17, 15) is 14.9 Å². The molecule has 1 atom stereocenters. The van der Waals surface area contributed by atoms with Crippen molar-refractivity contribution in [1.82, 2.24) is 14.7 Å². The Bertz CT molecular complexity index is 743. The number of aromatic nitrogens is 2. The summed E-state index contributed by atoms with van der Waals surface area (Å²) in [7, 11) is 1.85. The highest BCUT2D eigenvalue weighted by molar-refractivity contribution is 8.00. The van der Waals surface area contributed by atoms with Crippen LogP contribution in [0.3, 0.4) is 0 Å². The molecule has 1 aromatic carbocycles. The number of aryl methyl sites for hydroxylation is 1. The van der Waals surface area contributed by atoms with Gasteiger partial charge in [-0.15, -0.1) is 11.8 Å². The Morgan fingerprint density at radius 2 is 1.96 bits per heavy atom. The zero-order valence-corrected chi connectivity index (χ0v) is 15.6. The fourth-order valence-electron chi connectivity index (χ4n) is 2.40. The molecule has 1 aromatic heterocycles. The van der Waals surface area contributed by atoms with Gasteiger partial charge in [0.15, 0.2) is 0 Å². The Hall–Kier alpha value is -2.35. The second kappa shape index (κ2) is 8.15. The van der Waals surface area contributed by atoms with Crippen LogP contribution in [0.15, 0.2) is 41.6 Å². The summed E-state index contributed by atoms with van der Waals surface area (Å²) in [4.78, 5) is 25.8. The van der Waals surface area contributed by atoms with Crippen LogP contribution in [0.4, 0.5) is 5.69 Å². The molecule has 2 aromatic rings. The van der Waals surface area contributed by atoms with Crippen molar-refractivity contribution in [3.8, 4) is 0 Å². The Morgan fingerprint density at radius 1 is 1.32 bits per heavy atom. The number of nitro groups is 1. The van der Waals surface area contributed by atoms with E-state index in [-0.39, 0.29) is 22.9 Å². The fraction of sp³-hybridized carbons (Fsp3) is 0.412. The Kier molecular flexibility index (Phi) is 6.19. The van der Waals surface area contributed by atoms with Gasteiger partial charge in [0, 0.05) is 48.4 Å². The number of carbonyl (C=O) groups excluding carboxylic acids is 1. The summed E-state index contributed by atoms with van der Waals surface area (Å²) in [5.74, 6) is 0.0298. The monoisotopic (exact) mass is 362 g/mol. The van der Waals surface area contributed by atoms with Crippen molar-refractivity contribution in [2.75, 3.05) is 0 Å². The summed E-state index contributed by atoms with van der Waals surface area (Å²) >= 11 is 1.40. The SMILES string of the molecule is CC(Sc1ccc([N+](=O)[O-])cc1)C(=O)N(Cc1cnn(C)c1)C(C)C. The van der Waals surface area contributed by atoms with Gasteiger partial charge in [0.2, 0.25) is 5.91 Å². The molecule has 0 aliphatic rings. The largest absolute Gasteiger partial charge is 0.335 e. The third-order valence-corrected chi connectivity index (χ3v) is 4.83. The number of rotatable bonds is 7. The number of nitrogens with zero attached hydrogens (tertiary/aromatic N) is 4. The van der Waals surface area contributed by atoms with Gasteiger partial charge in [-0.3, -0.25) is 19.6 Å². The molecule has 2 rings (SSSR count). The molecule has 0 aliphatic carbocycles. The van der Waals surface area contributed by atoms with Gasteiger partial charge in [-0.1, -0.05) is 0 Å². The molecule has 0 fully saturated rings. The number of non-ortho nitro benzene ring substituents is 1. The minimum absolute atomic E-state index is 0.0298. The zero-order valence-electron chi connectivity index (χ0n) is 14.7. The van der Waals surface area contributed by atoms with E-state index < -0.39 is 4.92 Å². The normalized spacial score (nSPS) is 12.2. The zero-order chi connectivity index (χ0) is 18.6. The molecule has 1 heterocycles. The van der Waals surface area contributed by atoms with Crippen molar-refractivity contribution in [3.63, 3.8) is 0 Å². The first-order valence-corrected chi connectivity index (χ1v) is 8.85. The van der Waals surface area contributed by atoms with Gasteiger partial charge in [-0.05, 0) is 32.9 Å². The summed E-state index contributed by atoms with van der Waals surface area (Å²) in [5, 5.41) is 14.6. The summed E-state index contributed by atoms with van der Waals surface area (Å²) in [6, 6.07) is 6.32. The maximum absolute atomic E-state index is 12.8. The standard InChI is InChI=1S/C17H22N4O3S/c1-12(2)20(11-14-9-18-19(4)10-14)17(22)13(3)25-16-7-5-15(6-8-16)21(23)24/h5-10,12-13H,11H2,1-4H3. The average molecular weight is 362 g/mol. The molecule has 8 heteroatoms. The molecule has 0 bridgehead atoms. The van der Waals surface area contributed by atoms with Crippen molar-refractivity contribution >= 4 is 23.4 Å². The molecule has 1 unspecified atom stereocenters. The molecule has 25 heavy (non-hydrogen) atoms. The number of nitro benzene ring substituents is 1. The van der Waals surface area contributed by atoms with Gasteiger partial charge in [0.1, 0.15) is 0 Å². The minimum atomic E-state index is -0.433. The summed E-state index contributed by atoms with van der Waals surface area (Å²) < 4.78 is 1.72. The van der Waals surface area contributed by atoms with E-state index in [0.29, 0.717) is 6.54 Å². The van der Waals surface area contributed by atoms with E-state index in [2.05, 4.69) is 5.10 Å². The topological polar surface area (TPSA) is 81.3 Å². The van der Waals surface area contributed by atoms with Gasteiger partial charge in [-0.2, -0.15) is 5.10 Å². The summed E-state index contributed by atoms with van der Waals surface area (Å²) in [5.41, 5.74) is 1.03. The fourth-order valence-corrected chi connectivity index (χ4v) is 3.34. The molecule has 1 amide bonds. The van der Waals surface area contributed by atoms with Crippen molar-refractivity contribution in [3.05, 3.63) is 52.3 Å². The molecule has 7 nitrogen and oxygen atoms in total. The van der Waals surface area contributed by atoms with Crippen LogP contribution >= 0.6 is 11.8 Å². The van der Waals surface area contributed by atoms with Crippen LogP contribution < -0.4 is 0 Å². The van der Waals surface area contributed by atoms with Crippen LogP contribution in [0.1, 0.15) is 26.3 Å². The van der Waals surface area contributed by atoms with Gasteiger partial charge < -0.3 is 4.90 Å². The van der Waals surface area contributed by atoms with Crippen molar-refractivity contribution in [1.29, 1.82) is 0 Å². The lowest BCUT2D eigenvalue weighted by Gasteiger charge is -2.29. The van der Waals surface area contributed by atoms with Crippen molar-refractivity contribution in [2.24, 2.45) is 7.05 Å². The van der Waals surface area contributed by atoms with E-state index in [1.54, 1.807) is 23.0 Å². The van der Waals surface area contributed by atoms with E-state index in [1.165, 1.54) is 23.9 Å². The maximum Gasteiger partial charge on any atom is 0.269 e. The Morgan fingerprint density at radius 3 is 2.44 bits per heavy atom. The third-order valence-electron chi connectivity index (χ3n) is 3.73. The first-order valence-electron chi connectivity index (χ1n) is 7.97. The smallest absolute Gasteiger partial charge is 0.269 e.